The van der Waals surface area contributed by atoms with E-state index in [0.29, 0.717) is 16.5 Å². The van der Waals surface area contributed by atoms with Crippen LogP contribution < -0.4 is 5.32 Å². The minimum atomic E-state index is -0.649. The lowest BCUT2D eigenvalue weighted by atomic mass is 10.2. The first-order chi connectivity index (χ1) is 9.47. The highest BCUT2D eigenvalue weighted by Crippen LogP contribution is 2.27. The number of nitro benzene ring substituents is 1. The Morgan fingerprint density at radius 2 is 1.90 bits per heavy atom. The third-order valence-electron chi connectivity index (χ3n) is 2.44. The molecule has 0 saturated heterocycles. The maximum absolute atomic E-state index is 10.7. The van der Waals surface area contributed by atoms with E-state index in [1.165, 1.54) is 30.3 Å². The molecule has 0 fully saturated rings. The normalized spacial score (nSPS) is 10.2. The van der Waals surface area contributed by atoms with Gasteiger partial charge >= 0.3 is 5.88 Å². The van der Waals surface area contributed by atoms with E-state index in [0.717, 1.165) is 0 Å². The van der Waals surface area contributed by atoms with E-state index < -0.39 is 9.85 Å². The summed E-state index contributed by atoms with van der Waals surface area (Å²) in [7, 11) is 0. The van der Waals surface area contributed by atoms with Gasteiger partial charge < -0.3 is 9.73 Å². The first-order valence-electron chi connectivity index (χ1n) is 5.38. The van der Waals surface area contributed by atoms with Crippen molar-refractivity contribution in [3.63, 3.8) is 0 Å². The number of anilines is 1. The molecule has 8 nitrogen and oxygen atoms in total. The Morgan fingerprint density at radius 1 is 1.15 bits per heavy atom. The molecule has 9 heteroatoms. The summed E-state index contributed by atoms with van der Waals surface area (Å²) in [4.78, 5) is 19.9. The molecule has 104 valence electrons. The summed E-state index contributed by atoms with van der Waals surface area (Å²) in [5.41, 5.74) is 0.238. The predicted molar refractivity (Wildman–Crippen MR) is 70.8 cm³/mol. The molecule has 0 bridgehead atoms. The van der Waals surface area contributed by atoms with Crippen LogP contribution >= 0.6 is 11.6 Å². The molecule has 0 spiro atoms. The summed E-state index contributed by atoms with van der Waals surface area (Å²) in [6, 6.07) is 6.62. The number of nitrogens with one attached hydrogen (secondary N) is 1. The van der Waals surface area contributed by atoms with Gasteiger partial charge in [0.1, 0.15) is 10.7 Å². The molecule has 0 aliphatic carbocycles. The van der Waals surface area contributed by atoms with E-state index in [1.54, 1.807) is 0 Å². The van der Waals surface area contributed by atoms with Crippen LogP contribution in [0.1, 0.15) is 5.76 Å². The Kier molecular flexibility index (Phi) is 3.85. The molecule has 1 N–H and O–H groups in total. The third kappa shape index (κ3) is 3.04. The van der Waals surface area contributed by atoms with Gasteiger partial charge in [-0.15, -0.1) is 0 Å². The summed E-state index contributed by atoms with van der Waals surface area (Å²) in [6.07, 6.45) is 0. The molecule has 0 atom stereocenters. The number of furan rings is 1. The van der Waals surface area contributed by atoms with Gasteiger partial charge in [-0.3, -0.25) is 20.2 Å². The van der Waals surface area contributed by atoms with Crippen molar-refractivity contribution in [3.8, 4) is 0 Å². The fourth-order valence-electron chi connectivity index (χ4n) is 1.50. The van der Waals surface area contributed by atoms with E-state index >= 15 is 0 Å². The van der Waals surface area contributed by atoms with Gasteiger partial charge in [0.25, 0.3) is 5.69 Å². The summed E-state index contributed by atoms with van der Waals surface area (Å²) < 4.78 is 4.95. The standard InChI is InChI=1S/C11H8ClN3O5/c12-9-3-1-7(14(16)17)5-10(9)13-6-8-2-4-11(20-8)15(18)19/h1-5,13H,6H2. The number of halogens is 1. The average Bonchev–Trinajstić information content (AvgIpc) is 2.86. The van der Waals surface area contributed by atoms with E-state index in [-0.39, 0.29) is 18.1 Å². The van der Waals surface area contributed by atoms with Gasteiger partial charge in [0.05, 0.1) is 28.2 Å². The number of non-ortho nitro benzene ring substituents is 1. The highest BCUT2D eigenvalue weighted by molar-refractivity contribution is 6.33. The van der Waals surface area contributed by atoms with Gasteiger partial charge in [0.15, 0.2) is 0 Å². The van der Waals surface area contributed by atoms with Crippen molar-refractivity contribution in [2.24, 2.45) is 0 Å². The molecular weight excluding hydrogens is 290 g/mol. The number of benzene rings is 1. The van der Waals surface area contributed by atoms with Crippen molar-refractivity contribution in [1.29, 1.82) is 0 Å². The fourth-order valence-corrected chi connectivity index (χ4v) is 1.69. The molecule has 0 aliphatic rings. The van der Waals surface area contributed by atoms with Gasteiger partial charge in [-0.1, -0.05) is 11.6 Å². The highest BCUT2D eigenvalue weighted by atomic mass is 35.5. The maximum Gasteiger partial charge on any atom is 0.433 e. The van der Waals surface area contributed by atoms with Crippen molar-refractivity contribution in [3.05, 3.63) is 61.3 Å². The Balaban J connectivity index is 2.11. The number of hydrogen-bond acceptors (Lipinski definition) is 6. The van der Waals surface area contributed by atoms with Crippen molar-refractivity contribution in [1.82, 2.24) is 0 Å². The second-order valence-electron chi connectivity index (χ2n) is 3.77. The third-order valence-corrected chi connectivity index (χ3v) is 2.77. The predicted octanol–water partition coefficient (Wildman–Crippen LogP) is 3.36. The molecule has 1 aromatic heterocycles. The molecule has 0 amide bonds. The Bertz CT molecular complexity index is 670. The Hall–Kier alpha value is -2.61. The summed E-state index contributed by atoms with van der Waals surface area (Å²) in [6.45, 7) is 0.120. The first-order valence-corrected chi connectivity index (χ1v) is 5.76. The summed E-state index contributed by atoms with van der Waals surface area (Å²) in [5.74, 6) is -0.0498. The van der Waals surface area contributed by atoms with Crippen molar-refractivity contribution >= 4 is 28.9 Å². The molecule has 0 radical (unpaired) electrons. The summed E-state index contributed by atoms with van der Waals surface area (Å²) >= 11 is 5.90. The number of nitrogens with zero attached hydrogens (tertiary/aromatic N) is 2. The fraction of sp³-hybridized carbons (Fsp3) is 0.0909. The van der Waals surface area contributed by atoms with Gasteiger partial charge in [-0.2, -0.15) is 0 Å². The SMILES string of the molecule is O=[N+]([O-])c1ccc(Cl)c(NCc2ccc([N+](=O)[O-])o2)c1. The topological polar surface area (TPSA) is 111 Å². The van der Waals surface area contributed by atoms with Crippen molar-refractivity contribution in [2.75, 3.05) is 5.32 Å². The van der Waals surface area contributed by atoms with Crippen molar-refractivity contribution < 1.29 is 14.3 Å². The lowest BCUT2D eigenvalue weighted by Gasteiger charge is -2.06. The molecular formula is C11H8ClN3O5. The van der Waals surface area contributed by atoms with Crippen LogP contribution in [0.15, 0.2) is 34.7 Å². The van der Waals surface area contributed by atoms with Crippen LogP contribution in [0, 0.1) is 20.2 Å². The number of hydrogen-bond donors (Lipinski definition) is 1. The van der Waals surface area contributed by atoms with Gasteiger partial charge in [-0.05, 0) is 12.1 Å². The number of rotatable bonds is 5. The lowest BCUT2D eigenvalue weighted by molar-refractivity contribution is -0.402. The first kappa shape index (κ1) is 13.8. The molecule has 2 aromatic rings. The molecule has 2 rings (SSSR count). The van der Waals surface area contributed by atoms with Crippen LogP contribution in [0.2, 0.25) is 5.02 Å². The molecule has 1 heterocycles. The smallest absolute Gasteiger partial charge is 0.404 e. The van der Waals surface area contributed by atoms with Crippen LogP contribution in [-0.2, 0) is 6.54 Å². The largest absolute Gasteiger partial charge is 0.433 e. The second kappa shape index (κ2) is 5.57. The molecule has 0 aliphatic heterocycles. The lowest BCUT2D eigenvalue weighted by Crippen LogP contribution is -2.00. The van der Waals surface area contributed by atoms with E-state index in [4.69, 9.17) is 16.0 Å². The van der Waals surface area contributed by atoms with Gasteiger partial charge in [0, 0.05) is 12.1 Å². The highest BCUT2D eigenvalue weighted by Gasteiger charge is 2.13. The van der Waals surface area contributed by atoms with Gasteiger partial charge in [-0.25, -0.2) is 0 Å². The molecule has 0 saturated carbocycles. The van der Waals surface area contributed by atoms with E-state index in [1.807, 2.05) is 0 Å². The maximum atomic E-state index is 10.7. The average molecular weight is 298 g/mol. The molecule has 1 aromatic carbocycles. The zero-order chi connectivity index (χ0) is 14.7. The monoisotopic (exact) mass is 297 g/mol. The van der Waals surface area contributed by atoms with Crippen LogP contribution in [0.25, 0.3) is 0 Å². The second-order valence-corrected chi connectivity index (χ2v) is 4.18. The minimum Gasteiger partial charge on any atom is -0.404 e. The van der Waals surface area contributed by atoms with E-state index in [9.17, 15) is 20.2 Å². The van der Waals surface area contributed by atoms with Crippen LogP contribution in [0.4, 0.5) is 17.3 Å². The number of nitro groups is 2. The quantitative estimate of drug-likeness (QED) is 0.669. The minimum absolute atomic E-state index is 0.109. The van der Waals surface area contributed by atoms with Crippen LogP contribution in [-0.4, -0.2) is 9.85 Å². The molecule has 20 heavy (non-hydrogen) atoms. The summed E-state index contributed by atoms with van der Waals surface area (Å²) in [5, 5.41) is 24.2. The zero-order valence-corrected chi connectivity index (χ0v) is 10.7. The van der Waals surface area contributed by atoms with Crippen LogP contribution in [0.3, 0.4) is 0 Å². The van der Waals surface area contributed by atoms with Gasteiger partial charge in [0.2, 0.25) is 0 Å². The Morgan fingerprint density at radius 3 is 2.50 bits per heavy atom. The Labute approximate surface area is 117 Å². The molecule has 0 unspecified atom stereocenters. The van der Waals surface area contributed by atoms with Crippen molar-refractivity contribution in [2.45, 2.75) is 6.54 Å². The zero-order valence-electron chi connectivity index (χ0n) is 9.91. The van der Waals surface area contributed by atoms with Crippen LogP contribution in [0.5, 0.6) is 0 Å². The van der Waals surface area contributed by atoms with E-state index in [2.05, 4.69) is 5.32 Å².